The largest absolute Gasteiger partial charge is 0.0882 e. The Kier molecular flexibility index (Phi) is 8.29. The molecule has 100 valence electrons. The van der Waals surface area contributed by atoms with Crippen molar-refractivity contribution in [3.05, 3.63) is 47.5 Å². The zero-order valence-corrected chi connectivity index (χ0v) is 12.1. The molecule has 1 rings (SSSR count). The Morgan fingerprint density at radius 2 is 1.61 bits per heavy atom. The first-order chi connectivity index (χ1) is 8.84. The molecule has 1 aromatic carbocycles. The average molecular weight is 244 g/mol. The van der Waals surface area contributed by atoms with Gasteiger partial charge in [-0.15, -0.1) is 0 Å². The van der Waals surface area contributed by atoms with Crippen LogP contribution in [0.5, 0.6) is 0 Å². The van der Waals surface area contributed by atoms with Gasteiger partial charge in [-0.3, -0.25) is 0 Å². The van der Waals surface area contributed by atoms with Crippen molar-refractivity contribution in [2.75, 3.05) is 0 Å². The van der Waals surface area contributed by atoms with E-state index in [1.165, 1.54) is 56.1 Å². The van der Waals surface area contributed by atoms with Crippen LogP contribution in [-0.2, 0) is 6.42 Å². The van der Waals surface area contributed by atoms with Gasteiger partial charge in [-0.2, -0.15) is 0 Å². The van der Waals surface area contributed by atoms with Crippen molar-refractivity contribution in [1.82, 2.24) is 0 Å². The first-order valence-electron chi connectivity index (χ1n) is 7.54. The lowest BCUT2D eigenvalue weighted by Gasteiger charge is -2.01. The fourth-order valence-electron chi connectivity index (χ4n) is 2.21. The molecule has 1 aromatic rings. The van der Waals surface area contributed by atoms with Crippen LogP contribution in [0.4, 0.5) is 0 Å². The zero-order valence-electron chi connectivity index (χ0n) is 12.1. The second-order valence-corrected chi connectivity index (χ2v) is 5.16. The Balaban J connectivity index is 2.06. The van der Waals surface area contributed by atoms with Crippen LogP contribution in [0.3, 0.4) is 0 Å². The number of hydrogen-bond acceptors (Lipinski definition) is 0. The Morgan fingerprint density at radius 3 is 2.39 bits per heavy atom. The molecule has 18 heavy (non-hydrogen) atoms. The minimum atomic E-state index is 1.09. The van der Waals surface area contributed by atoms with Crippen LogP contribution in [0.25, 0.3) is 0 Å². The van der Waals surface area contributed by atoms with Crippen molar-refractivity contribution in [3.8, 4) is 0 Å². The molecule has 0 aliphatic heterocycles. The van der Waals surface area contributed by atoms with Crippen LogP contribution in [-0.4, -0.2) is 0 Å². The van der Waals surface area contributed by atoms with Crippen molar-refractivity contribution in [2.45, 2.75) is 65.2 Å². The quantitative estimate of drug-likeness (QED) is 0.378. The van der Waals surface area contributed by atoms with E-state index in [2.05, 4.69) is 50.3 Å². The maximum absolute atomic E-state index is 2.35. The van der Waals surface area contributed by atoms with Crippen molar-refractivity contribution in [1.29, 1.82) is 0 Å². The van der Waals surface area contributed by atoms with Gasteiger partial charge in [0.1, 0.15) is 0 Å². The highest BCUT2D eigenvalue weighted by molar-refractivity contribution is 5.27. The maximum Gasteiger partial charge on any atom is -0.00948 e. The lowest BCUT2D eigenvalue weighted by atomic mass is 10.1. The number of benzene rings is 1. The SMILES string of the molecule is CCCCCCCC/C=C/Cc1ccccc1C. The summed E-state index contributed by atoms with van der Waals surface area (Å²) in [6.45, 7) is 4.46. The van der Waals surface area contributed by atoms with E-state index in [0.29, 0.717) is 0 Å². The fourth-order valence-corrected chi connectivity index (χ4v) is 2.21. The molecule has 0 heteroatoms. The average Bonchev–Trinajstić information content (AvgIpc) is 2.39. The Morgan fingerprint density at radius 1 is 0.889 bits per heavy atom. The summed E-state index contributed by atoms with van der Waals surface area (Å²) in [6, 6.07) is 8.66. The summed E-state index contributed by atoms with van der Waals surface area (Å²) in [7, 11) is 0. The van der Waals surface area contributed by atoms with Gasteiger partial charge in [-0.25, -0.2) is 0 Å². The number of rotatable bonds is 9. The van der Waals surface area contributed by atoms with Crippen molar-refractivity contribution in [2.24, 2.45) is 0 Å². The van der Waals surface area contributed by atoms with Gasteiger partial charge < -0.3 is 0 Å². The summed E-state index contributed by atoms with van der Waals surface area (Å²) in [5.74, 6) is 0. The normalized spacial score (nSPS) is 11.2. The molecule has 0 nitrogen and oxygen atoms in total. The molecule has 0 aliphatic rings. The molecule has 0 spiro atoms. The third-order valence-electron chi connectivity index (χ3n) is 3.49. The van der Waals surface area contributed by atoms with Crippen LogP contribution in [0, 0.1) is 6.92 Å². The number of hydrogen-bond donors (Lipinski definition) is 0. The monoisotopic (exact) mass is 244 g/mol. The van der Waals surface area contributed by atoms with Crippen LogP contribution >= 0.6 is 0 Å². The molecular weight excluding hydrogens is 216 g/mol. The van der Waals surface area contributed by atoms with E-state index < -0.39 is 0 Å². The minimum Gasteiger partial charge on any atom is -0.0882 e. The summed E-state index contributed by atoms with van der Waals surface area (Å²) < 4.78 is 0. The molecule has 0 aromatic heterocycles. The molecule has 0 atom stereocenters. The molecule has 0 aliphatic carbocycles. The minimum absolute atomic E-state index is 1.09. The van der Waals surface area contributed by atoms with Crippen LogP contribution in [0.15, 0.2) is 36.4 Å². The lowest BCUT2D eigenvalue weighted by Crippen LogP contribution is -1.85. The molecule has 0 fully saturated rings. The lowest BCUT2D eigenvalue weighted by molar-refractivity contribution is 0.611. The van der Waals surface area contributed by atoms with Gasteiger partial charge in [0.05, 0.1) is 0 Å². The smallest absolute Gasteiger partial charge is 0.00948 e. The van der Waals surface area contributed by atoms with Gasteiger partial charge in [0, 0.05) is 0 Å². The third-order valence-corrected chi connectivity index (χ3v) is 3.49. The van der Waals surface area contributed by atoms with Crippen LogP contribution < -0.4 is 0 Å². The number of aryl methyl sites for hydroxylation is 1. The van der Waals surface area contributed by atoms with E-state index in [1.54, 1.807) is 0 Å². The second-order valence-electron chi connectivity index (χ2n) is 5.16. The van der Waals surface area contributed by atoms with Gasteiger partial charge >= 0.3 is 0 Å². The molecule has 0 saturated heterocycles. The van der Waals surface area contributed by atoms with E-state index in [4.69, 9.17) is 0 Å². The Hall–Kier alpha value is -1.04. The first-order valence-corrected chi connectivity index (χ1v) is 7.54. The molecule has 0 saturated carbocycles. The molecule has 0 heterocycles. The Bertz CT molecular complexity index is 336. The van der Waals surface area contributed by atoms with Crippen molar-refractivity contribution in [3.63, 3.8) is 0 Å². The third kappa shape index (κ3) is 6.64. The molecule has 0 radical (unpaired) electrons. The zero-order chi connectivity index (χ0) is 13.1. The predicted octanol–water partition coefficient (Wildman–Crippen LogP) is 5.84. The van der Waals surface area contributed by atoms with E-state index in [1.807, 2.05) is 0 Å². The van der Waals surface area contributed by atoms with Gasteiger partial charge in [-0.1, -0.05) is 75.4 Å². The highest BCUT2D eigenvalue weighted by Crippen LogP contribution is 2.10. The van der Waals surface area contributed by atoms with Crippen LogP contribution in [0.2, 0.25) is 0 Å². The number of allylic oxidation sites excluding steroid dienone is 2. The summed E-state index contributed by atoms with van der Waals surface area (Å²) in [6.07, 6.45) is 15.4. The first kappa shape index (κ1) is 15.0. The second kappa shape index (κ2) is 9.94. The van der Waals surface area contributed by atoms with Gasteiger partial charge in [0.25, 0.3) is 0 Å². The van der Waals surface area contributed by atoms with Gasteiger partial charge in [0.15, 0.2) is 0 Å². The molecule has 0 bridgehead atoms. The fraction of sp³-hybridized carbons (Fsp3) is 0.556. The molecule has 0 N–H and O–H groups in total. The summed E-state index contributed by atoms with van der Waals surface area (Å²) >= 11 is 0. The standard InChI is InChI=1S/C18H28/c1-3-4-5-6-7-8-9-10-11-15-18-16-13-12-14-17(18)2/h10-14,16H,3-9,15H2,1-2H3/b11-10+. The molecule has 0 amide bonds. The topological polar surface area (TPSA) is 0 Å². The van der Waals surface area contributed by atoms with Crippen LogP contribution in [0.1, 0.15) is 63.0 Å². The van der Waals surface area contributed by atoms with E-state index in [9.17, 15) is 0 Å². The Labute approximate surface area is 113 Å². The van der Waals surface area contributed by atoms with Crippen molar-refractivity contribution >= 4 is 0 Å². The van der Waals surface area contributed by atoms with Gasteiger partial charge in [-0.05, 0) is 37.3 Å². The predicted molar refractivity (Wildman–Crippen MR) is 82.0 cm³/mol. The van der Waals surface area contributed by atoms with E-state index in [-0.39, 0.29) is 0 Å². The molecule has 0 unspecified atom stereocenters. The summed E-state index contributed by atoms with van der Waals surface area (Å²) in [4.78, 5) is 0. The summed E-state index contributed by atoms with van der Waals surface area (Å²) in [5, 5.41) is 0. The highest BCUT2D eigenvalue weighted by Gasteiger charge is 1.93. The highest BCUT2D eigenvalue weighted by atomic mass is 14.0. The maximum atomic E-state index is 2.35. The molecular formula is C18H28. The van der Waals surface area contributed by atoms with Gasteiger partial charge in [0.2, 0.25) is 0 Å². The van der Waals surface area contributed by atoms with E-state index in [0.717, 1.165) is 6.42 Å². The van der Waals surface area contributed by atoms with Crippen molar-refractivity contribution < 1.29 is 0 Å². The summed E-state index contributed by atoms with van der Waals surface area (Å²) in [5.41, 5.74) is 2.86. The number of unbranched alkanes of at least 4 members (excludes halogenated alkanes) is 6. The van der Waals surface area contributed by atoms with E-state index >= 15 is 0 Å².